The van der Waals surface area contributed by atoms with Gasteiger partial charge in [0.25, 0.3) is 5.69 Å². The maximum Gasteiger partial charge on any atom is 0.270 e. The Bertz CT molecular complexity index is 774. The number of hydrogen-bond donors (Lipinski definition) is 1. The van der Waals surface area contributed by atoms with E-state index in [4.69, 9.17) is 4.98 Å². The molecule has 138 valence electrons. The fourth-order valence-corrected chi connectivity index (χ4v) is 4.60. The molecule has 4 rings (SSSR count). The number of nitro benzene ring substituents is 1. The third-order valence-electron chi connectivity index (χ3n) is 5.16. The molecule has 26 heavy (non-hydrogen) atoms. The summed E-state index contributed by atoms with van der Waals surface area (Å²) >= 11 is 1.56. The van der Waals surface area contributed by atoms with E-state index in [2.05, 4.69) is 20.5 Å². The van der Waals surface area contributed by atoms with Crippen molar-refractivity contribution in [3.05, 3.63) is 45.5 Å². The highest BCUT2D eigenvalue weighted by Gasteiger charge is 2.28. The standard InChI is InChI=1S/C18H23N5O2S/c24-23(25)16-3-1-2-14(10-16)18-20-15(13-26-18)11-21-7-4-17(12-21)22-8-5-19-6-9-22/h1-3,10,13,17,19H,4-9,11-12H2. The Kier molecular flexibility index (Phi) is 5.26. The van der Waals surface area contributed by atoms with Crippen molar-refractivity contribution in [2.24, 2.45) is 0 Å². The summed E-state index contributed by atoms with van der Waals surface area (Å²) in [5.74, 6) is 0. The summed E-state index contributed by atoms with van der Waals surface area (Å²) in [5.41, 5.74) is 1.98. The van der Waals surface area contributed by atoms with E-state index in [-0.39, 0.29) is 10.6 Å². The molecule has 1 atom stereocenters. The van der Waals surface area contributed by atoms with Crippen LogP contribution in [0.1, 0.15) is 12.1 Å². The molecule has 2 aromatic rings. The number of rotatable bonds is 5. The number of piperazine rings is 1. The normalized spacial score (nSPS) is 21.9. The maximum absolute atomic E-state index is 11.0. The molecule has 2 aliphatic heterocycles. The monoisotopic (exact) mass is 373 g/mol. The number of hydrogen-bond acceptors (Lipinski definition) is 7. The molecule has 2 saturated heterocycles. The van der Waals surface area contributed by atoms with Crippen LogP contribution in [0.5, 0.6) is 0 Å². The predicted molar refractivity (Wildman–Crippen MR) is 102 cm³/mol. The van der Waals surface area contributed by atoms with Gasteiger partial charge in [0.2, 0.25) is 0 Å². The minimum absolute atomic E-state index is 0.109. The van der Waals surface area contributed by atoms with Crippen molar-refractivity contribution in [3.63, 3.8) is 0 Å². The van der Waals surface area contributed by atoms with E-state index in [1.54, 1.807) is 23.5 Å². The number of thiazole rings is 1. The van der Waals surface area contributed by atoms with Crippen LogP contribution in [0.3, 0.4) is 0 Å². The fraction of sp³-hybridized carbons (Fsp3) is 0.500. The van der Waals surface area contributed by atoms with Crippen molar-refractivity contribution in [1.82, 2.24) is 20.1 Å². The average molecular weight is 373 g/mol. The Balaban J connectivity index is 1.38. The van der Waals surface area contributed by atoms with Gasteiger partial charge in [0.05, 0.1) is 10.6 Å². The highest BCUT2D eigenvalue weighted by atomic mass is 32.1. The highest BCUT2D eigenvalue weighted by Crippen LogP contribution is 2.28. The van der Waals surface area contributed by atoms with Gasteiger partial charge in [0.15, 0.2) is 0 Å². The molecule has 1 aromatic carbocycles. The minimum Gasteiger partial charge on any atom is -0.314 e. The molecule has 0 aliphatic carbocycles. The van der Waals surface area contributed by atoms with Gasteiger partial charge in [-0.2, -0.15) is 0 Å². The van der Waals surface area contributed by atoms with Crippen LogP contribution in [-0.4, -0.2) is 65.0 Å². The molecule has 7 nitrogen and oxygen atoms in total. The van der Waals surface area contributed by atoms with Gasteiger partial charge in [0, 0.05) is 74.9 Å². The van der Waals surface area contributed by atoms with Gasteiger partial charge in [0.1, 0.15) is 5.01 Å². The van der Waals surface area contributed by atoms with Gasteiger partial charge >= 0.3 is 0 Å². The highest BCUT2D eigenvalue weighted by molar-refractivity contribution is 7.13. The number of nitro groups is 1. The molecule has 8 heteroatoms. The van der Waals surface area contributed by atoms with Gasteiger partial charge in [-0.25, -0.2) is 4.98 Å². The molecule has 0 bridgehead atoms. The molecule has 0 spiro atoms. The van der Waals surface area contributed by atoms with E-state index in [9.17, 15) is 10.1 Å². The first-order valence-electron chi connectivity index (χ1n) is 9.05. The topological polar surface area (TPSA) is 74.5 Å². The number of likely N-dealkylation sites (tertiary alicyclic amines) is 1. The van der Waals surface area contributed by atoms with Gasteiger partial charge in [-0.1, -0.05) is 12.1 Å². The molecular weight excluding hydrogens is 350 g/mol. The van der Waals surface area contributed by atoms with Crippen LogP contribution in [-0.2, 0) is 6.54 Å². The summed E-state index contributed by atoms with van der Waals surface area (Å²) in [6.45, 7) is 7.54. The van der Waals surface area contributed by atoms with Crippen molar-refractivity contribution in [2.45, 2.75) is 19.0 Å². The van der Waals surface area contributed by atoms with Crippen molar-refractivity contribution in [2.75, 3.05) is 39.3 Å². The van der Waals surface area contributed by atoms with Crippen LogP contribution in [0.2, 0.25) is 0 Å². The third kappa shape index (κ3) is 3.93. The molecular formula is C18H23N5O2S. The maximum atomic E-state index is 11.0. The largest absolute Gasteiger partial charge is 0.314 e. The van der Waals surface area contributed by atoms with Crippen LogP contribution in [0.25, 0.3) is 10.6 Å². The summed E-state index contributed by atoms with van der Waals surface area (Å²) in [7, 11) is 0. The first-order valence-corrected chi connectivity index (χ1v) is 9.93. The molecule has 0 saturated carbocycles. The first-order chi connectivity index (χ1) is 12.7. The summed E-state index contributed by atoms with van der Waals surface area (Å²) in [4.78, 5) is 20.4. The fourth-order valence-electron chi connectivity index (χ4n) is 3.79. The third-order valence-corrected chi connectivity index (χ3v) is 6.10. The molecule has 2 fully saturated rings. The number of nitrogens with zero attached hydrogens (tertiary/aromatic N) is 4. The van der Waals surface area contributed by atoms with Gasteiger partial charge in [-0.3, -0.25) is 19.9 Å². The second-order valence-electron chi connectivity index (χ2n) is 6.92. The number of non-ortho nitro benzene ring substituents is 1. The Morgan fingerprint density at radius 2 is 2.15 bits per heavy atom. The van der Waals surface area contributed by atoms with E-state index in [1.807, 2.05) is 6.07 Å². The zero-order valence-corrected chi connectivity index (χ0v) is 15.5. The van der Waals surface area contributed by atoms with Crippen molar-refractivity contribution in [3.8, 4) is 10.6 Å². The lowest BCUT2D eigenvalue weighted by molar-refractivity contribution is -0.384. The lowest BCUT2D eigenvalue weighted by Crippen LogP contribution is -2.49. The van der Waals surface area contributed by atoms with E-state index >= 15 is 0 Å². The van der Waals surface area contributed by atoms with Crippen molar-refractivity contribution in [1.29, 1.82) is 0 Å². The summed E-state index contributed by atoms with van der Waals surface area (Å²) < 4.78 is 0. The van der Waals surface area contributed by atoms with Crippen LogP contribution in [0.15, 0.2) is 29.6 Å². The molecule has 3 heterocycles. The van der Waals surface area contributed by atoms with Gasteiger partial charge in [-0.05, 0) is 6.42 Å². The SMILES string of the molecule is O=[N+]([O-])c1cccc(-c2nc(CN3CCC(N4CCNCC4)C3)cs2)c1. The van der Waals surface area contributed by atoms with Crippen LogP contribution < -0.4 is 5.32 Å². The van der Waals surface area contributed by atoms with E-state index in [0.29, 0.717) is 6.04 Å². The van der Waals surface area contributed by atoms with Crippen LogP contribution >= 0.6 is 11.3 Å². The second-order valence-corrected chi connectivity index (χ2v) is 7.77. The van der Waals surface area contributed by atoms with E-state index in [1.165, 1.54) is 12.5 Å². The number of benzene rings is 1. The Morgan fingerprint density at radius 3 is 2.96 bits per heavy atom. The number of aromatic nitrogens is 1. The van der Waals surface area contributed by atoms with Crippen molar-refractivity contribution >= 4 is 17.0 Å². The van der Waals surface area contributed by atoms with Gasteiger partial charge < -0.3 is 5.32 Å². The molecule has 0 amide bonds. The molecule has 1 unspecified atom stereocenters. The van der Waals surface area contributed by atoms with Gasteiger partial charge in [-0.15, -0.1) is 11.3 Å². The van der Waals surface area contributed by atoms with Crippen LogP contribution in [0, 0.1) is 10.1 Å². The summed E-state index contributed by atoms with van der Waals surface area (Å²) in [5, 5.41) is 17.3. The summed E-state index contributed by atoms with van der Waals surface area (Å²) in [6.07, 6.45) is 1.22. The quantitative estimate of drug-likeness (QED) is 0.640. The minimum atomic E-state index is -0.363. The second kappa shape index (κ2) is 7.79. The predicted octanol–water partition coefficient (Wildman–Crippen LogP) is 2.20. The van der Waals surface area contributed by atoms with E-state index in [0.717, 1.165) is 62.1 Å². The summed E-state index contributed by atoms with van der Waals surface area (Å²) in [6, 6.07) is 7.36. The number of nitrogens with one attached hydrogen (secondary N) is 1. The average Bonchev–Trinajstić information content (AvgIpc) is 3.33. The lowest BCUT2D eigenvalue weighted by atomic mass is 10.2. The Hall–Kier alpha value is -1.87. The molecule has 2 aliphatic rings. The molecule has 0 radical (unpaired) electrons. The molecule has 1 N–H and O–H groups in total. The Labute approximate surface area is 156 Å². The smallest absolute Gasteiger partial charge is 0.270 e. The molecule has 1 aromatic heterocycles. The zero-order chi connectivity index (χ0) is 17.9. The first kappa shape index (κ1) is 17.5. The van der Waals surface area contributed by atoms with E-state index < -0.39 is 0 Å². The lowest BCUT2D eigenvalue weighted by Gasteiger charge is -2.32. The van der Waals surface area contributed by atoms with Crippen LogP contribution in [0.4, 0.5) is 5.69 Å². The Morgan fingerprint density at radius 1 is 1.31 bits per heavy atom. The van der Waals surface area contributed by atoms with Crippen molar-refractivity contribution < 1.29 is 4.92 Å². The zero-order valence-electron chi connectivity index (χ0n) is 14.6.